The number of thioether (sulfide) groups is 1. The third-order valence-electron chi connectivity index (χ3n) is 9.03. The highest BCUT2D eigenvalue weighted by atomic mass is 32.2. The molecule has 33 heavy (non-hydrogen) atoms. The summed E-state index contributed by atoms with van der Waals surface area (Å²) in [6, 6.07) is 2.31. The van der Waals surface area contributed by atoms with Gasteiger partial charge in [-0.1, -0.05) is 31.4 Å². The third-order valence-corrected chi connectivity index (χ3v) is 10.8. The lowest BCUT2D eigenvalue weighted by Gasteiger charge is -2.64. The van der Waals surface area contributed by atoms with Gasteiger partial charge in [-0.3, -0.25) is 4.90 Å². The van der Waals surface area contributed by atoms with Crippen molar-refractivity contribution in [2.24, 2.45) is 11.8 Å². The second kappa shape index (κ2) is 11.7. The number of nitrogens with zero attached hydrogens (tertiary/aromatic N) is 1. The maximum absolute atomic E-state index is 6.32. The van der Waals surface area contributed by atoms with Gasteiger partial charge in [0.2, 0.25) is 0 Å². The van der Waals surface area contributed by atoms with Crippen LogP contribution in [0.25, 0.3) is 0 Å². The quantitative estimate of drug-likeness (QED) is 0.335. The van der Waals surface area contributed by atoms with Gasteiger partial charge in [-0.15, -0.1) is 0 Å². The molecule has 0 N–H and O–H groups in total. The SMILES string of the molecule is C=C1C2CC(OCCOCCOCCOC)CCC2N2C3CCCCC3SC3CCCC1C32. The first kappa shape index (κ1) is 24.6. The van der Waals surface area contributed by atoms with Gasteiger partial charge < -0.3 is 18.9 Å². The van der Waals surface area contributed by atoms with Crippen molar-refractivity contribution in [3.8, 4) is 0 Å². The van der Waals surface area contributed by atoms with Crippen LogP contribution in [-0.4, -0.2) is 86.4 Å². The molecule has 2 saturated heterocycles. The number of piperidine rings is 1. The molecule has 0 aromatic rings. The molecule has 5 aliphatic rings. The maximum Gasteiger partial charge on any atom is 0.0704 e. The van der Waals surface area contributed by atoms with E-state index in [1.165, 1.54) is 64.2 Å². The van der Waals surface area contributed by atoms with Crippen LogP contribution in [0.5, 0.6) is 0 Å². The molecule has 0 amide bonds. The van der Waals surface area contributed by atoms with E-state index in [4.69, 9.17) is 25.5 Å². The van der Waals surface area contributed by atoms with Crippen LogP contribution < -0.4 is 0 Å². The summed E-state index contributed by atoms with van der Waals surface area (Å²) in [4.78, 5) is 3.11. The molecule has 2 heterocycles. The van der Waals surface area contributed by atoms with Crippen LogP contribution in [0.2, 0.25) is 0 Å². The first-order valence-corrected chi connectivity index (χ1v) is 14.6. The predicted molar refractivity (Wildman–Crippen MR) is 134 cm³/mol. The average molecular weight is 480 g/mol. The topological polar surface area (TPSA) is 40.2 Å². The molecule has 0 radical (unpaired) electrons. The van der Waals surface area contributed by atoms with Crippen molar-refractivity contribution in [3.63, 3.8) is 0 Å². The van der Waals surface area contributed by atoms with E-state index in [0.717, 1.165) is 28.5 Å². The molecule has 188 valence electrons. The van der Waals surface area contributed by atoms with E-state index in [9.17, 15) is 0 Å². The lowest BCUT2D eigenvalue weighted by molar-refractivity contribution is -0.0831. The van der Waals surface area contributed by atoms with Gasteiger partial charge in [0.1, 0.15) is 0 Å². The largest absolute Gasteiger partial charge is 0.382 e. The molecule has 8 unspecified atom stereocenters. The highest BCUT2D eigenvalue weighted by molar-refractivity contribution is 8.00. The second-order valence-corrected chi connectivity index (χ2v) is 12.3. The monoisotopic (exact) mass is 479 g/mol. The van der Waals surface area contributed by atoms with Gasteiger partial charge in [0.25, 0.3) is 0 Å². The summed E-state index contributed by atoms with van der Waals surface area (Å²) in [5, 5.41) is 1.74. The van der Waals surface area contributed by atoms with Gasteiger partial charge >= 0.3 is 0 Å². The molecule has 0 bridgehead atoms. The number of methoxy groups -OCH3 is 1. The minimum absolute atomic E-state index is 0.363. The van der Waals surface area contributed by atoms with Crippen molar-refractivity contribution >= 4 is 11.8 Å². The fraction of sp³-hybridized carbons (Fsp3) is 0.926. The summed E-state index contributed by atoms with van der Waals surface area (Å²) in [5.41, 5.74) is 1.58. The molecule has 0 aromatic carbocycles. The molecule has 6 heteroatoms. The Kier molecular flexibility index (Phi) is 8.75. The summed E-state index contributed by atoms with van der Waals surface area (Å²) in [6.07, 6.45) is 13.9. The number of rotatable bonds is 10. The van der Waals surface area contributed by atoms with E-state index < -0.39 is 0 Å². The minimum atomic E-state index is 0.363. The Hall–Kier alpha value is -0.110. The highest BCUT2D eigenvalue weighted by Gasteiger charge is 2.56. The standard InChI is InChI=1S/C27H45NO4S/c1-19-21-6-5-9-26-27(21)28(24-7-3-4-8-25(24)33-26)23-11-10-20(18-22(19)23)32-17-16-31-15-14-30-13-12-29-2/h20-27H,1,3-18H2,2H3. The molecule has 5 fully saturated rings. The molecule has 2 aliphatic heterocycles. The molecule has 3 saturated carbocycles. The second-order valence-electron chi connectivity index (χ2n) is 10.8. The molecule has 0 spiro atoms. The summed E-state index contributed by atoms with van der Waals surface area (Å²) in [7, 11) is 1.69. The number of fused-ring (bicyclic) bond motifs is 4. The zero-order chi connectivity index (χ0) is 22.6. The summed E-state index contributed by atoms with van der Waals surface area (Å²) < 4.78 is 22.4. The summed E-state index contributed by atoms with van der Waals surface area (Å²) >= 11 is 2.38. The molecule has 8 atom stereocenters. The van der Waals surface area contributed by atoms with Crippen LogP contribution in [0.3, 0.4) is 0 Å². The molecular formula is C27H45NO4S. The number of ether oxygens (including phenoxy) is 4. The molecule has 0 aromatic heterocycles. The fourth-order valence-electron chi connectivity index (χ4n) is 7.62. The van der Waals surface area contributed by atoms with Gasteiger partial charge in [-0.25, -0.2) is 0 Å². The lowest BCUT2D eigenvalue weighted by atomic mass is 9.63. The Morgan fingerprint density at radius 3 is 2.39 bits per heavy atom. The predicted octanol–water partition coefficient (Wildman–Crippen LogP) is 4.69. The van der Waals surface area contributed by atoms with Crippen molar-refractivity contribution in [1.29, 1.82) is 0 Å². The van der Waals surface area contributed by atoms with Gasteiger partial charge in [-0.2, -0.15) is 11.8 Å². The Morgan fingerprint density at radius 2 is 1.55 bits per heavy atom. The van der Waals surface area contributed by atoms with Crippen molar-refractivity contribution in [1.82, 2.24) is 4.90 Å². The van der Waals surface area contributed by atoms with Crippen molar-refractivity contribution < 1.29 is 18.9 Å². The summed E-state index contributed by atoms with van der Waals surface area (Å²) in [5.74, 6) is 1.35. The van der Waals surface area contributed by atoms with Crippen LogP contribution in [0, 0.1) is 11.8 Å². The first-order valence-electron chi connectivity index (χ1n) is 13.7. The van der Waals surface area contributed by atoms with Crippen molar-refractivity contribution in [2.75, 3.05) is 46.8 Å². The van der Waals surface area contributed by atoms with E-state index in [-0.39, 0.29) is 0 Å². The van der Waals surface area contributed by atoms with Gasteiger partial charge in [0.15, 0.2) is 0 Å². The Bertz CT molecular complexity index is 648. The molecule has 3 aliphatic carbocycles. The van der Waals surface area contributed by atoms with Crippen LogP contribution in [-0.2, 0) is 18.9 Å². The smallest absolute Gasteiger partial charge is 0.0704 e. The lowest BCUT2D eigenvalue weighted by Crippen LogP contribution is -2.69. The van der Waals surface area contributed by atoms with Gasteiger partial charge in [0.05, 0.1) is 45.7 Å². The van der Waals surface area contributed by atoms with E-state index in [0.29, 0.717) is 57.7 Å². The Morgan fingerprint density at radius 1 is 0.788 bits per heavy atom. The normalized spacial score (nSPS) is 40.7. The van der Waals surface area contributed by atoms with E-state index in [1.807, 2.05) is 0 Å². The molecule has 5 rings (SSSR count). The van der Waals surface area contributed by atoms with Crippen LogP contribution in [0.4, 0.5) is 0 Å². The first-order chi connectivity index (χ1) is 16.3. The molecular weight excluding hydrogens is 434 g/mol. The average Bonchev–Trinajstić information content (AvgIpc) is 2.85. The minimum Gasteiger partial charge on any atom is -0.382 e. The Labute approximate surface area is 205 Å². The highest BCUT2D eigenvalue weighted by Crippen LogP contribution is 2.56. The maximum atomic E-state index is 6.32. The fourth-order valence-corrected chi connectivity index (χ4v) is 9.62. The third kappa shape index (κ3) is 5.36. The van der Waals surface area contributed by atoms with Gasteiger partial charge in [0, 0.05) is 35.7 Å². The van der Waals surface area contributed by atoms with E-state index in [1.54, 1.807) is 12.7 Å². The van der Waals surface area contributed by atoms with Crippen molar-refractivity contribution in [3.05, 3.63) is 12.2 Å². The summed E-state index contributed by atoms with van der Waals surface area (Å²) in [6.45, 7) is 8.61. The zero-order valence-electron chi connectivity index (χ0n) is 20.6. The zero-order valence-corrected chi connectivity index (χ0v) is 21.4. The van der Waals surface area contributed by atoms with Crippen LogP contribution >= 0.6 is 11.8 Å². The van der Waals surface area contributed by atoms with Crippen molar-refractivity contribution in [2.45, 2.75) is 98.9 Å². The number of hydrogen-bond acceptors (Lipinski definition) is 6. The van der Waals surface area contributed by atoms with Gasteiger partial charge in [-0.05, 0) is 56.8 Å². The van der Waals surface area contributed by atoms with Crippen LogP contribution in [0.15, 0.2) is 12.2 Å². The van der Waals surface area contributed by atoms with Crippen LogP contribution in [0.1, 0.15) is 64.2 Å². The molecule has 5 nitrogen and oxygen atoms in total. The van der Waals surface area contributed by atoms with E-state index in [2.05, 4.69) is 16.7 Å². The number of hydrogen-bond donors (Lipinski definition) is 0. The Balaban J connectivity index is 1.14. The van der Waals surface area contributed by atoms with E-state index >= 15 is 0 Å².